The lowest BCUT2D eigenvalue weighted by atomic mass is 10.1. The summed E-state index contributed by atoms with van der Waals surface area (Å²) in [5.74, 6) is -0.175. The zero-order valence-electron chi connectivity index (χ0n) is 14.8. The minimum absolute atomic E-state index is 0.0275. The van der Waals surface area contributed by atoms with E-state index in [2.05, 4.69) is 0 Å². The minimum atomic E-state index is -0.267. The third kappa shape index (κ3) is 3.90. The van der Waals surface area contributed by atoms with Gasteiger partial charge in [0.05, 0.1) is 5.92 Å². The normalized spacial score (nSPS) is 17.0. The van der Waals surface area contributed by atoms with E-state index in [9.17, 15) is 9.59 Å². The summed E-state index contributed by atoms with van der Waals surface area (Å²) >= 11 is 0. The van der Waals surface area contributed by atoms with Crippen LogP contribution in [0.15, 0.2) is 54.6 Å². The van der Waals surface area contributed by atoms with Crippen molar-refractivity contribution in [3.05, 3.63) is 65.7 Å². The molecule has 4 nitrogen and oxygen atoms in total. The minimum Gasteiger partial charge on any atom is -0.338 e. The SMILES string of the molecule is CCN(Cc1ccccc1)C(=O)C1CC(=O)N(c2cccc(C)c2)C1. The quantitative estimate of drug-likeness (QED) is 0.840. The summed E-state index contributed by atoms with van der Waals surface area (Å²) in [6.45, 7) is 5.68. The molecule has 0 spiro atoms. The van der Waals surface area contributed by atoms with Crippen molar-refractivity contribution in [2.45, 2.75) is 26.8 Å². The van der Waals surface area contributed by atoms with Crippen LogP contribution < -0.4 is 4.90 Å². The number of carbonyl (C=O) groups excluding carboxylic acids is 2. The molecule has 3 rings (SSSR count). The molecule has 1 atom stereocenters. The van der Waals surface area contributed by atoms with Crippen molar-refractivity contribution in [2.75, 3.05) is 18.0 Å². The second kappa shape index (κ2) is 7.51. The van der Waals surface area contributed by atoms with Crippen LogP contribution in [-0.2, 0) is 16.1 Å². The van der Waals surface area contributed by atoms with Crippen molar-refractivity contribution in [1.82, 2.24) is 4.90 Å². The molecule has 1 unspecified atom stereocenters. The molecule has 1 heterocycles. The van der Waals surface area contributed by atoms with Gasteiger partial charge >= 0.3 is 0 Å². The first-order valence-electron chi connectivity index (χ1n) is 8.78. The number of carbonyl (C=O) groups is 2. The van der Waals surface area contributed by atoms with Crippen LogP contribution in [0.5, 0.6) is 0 Å². The Bertz CT molecular complexity index is 758. The van der Waals surface area contributed by atoms with E-state index in [4.69, 9.17) is 0 Å². The summed E-state index contributed by atoms with van der Waals surface area (Å²) in [4.78, 5) is 28.9. The summed E-state index contributed by atoms with van der Waals surface area (Å²) in [6, 6.07) is 17.8. The molecule has 2 amide bonds. The van der Waals surface area contributed by atoms with E-state index in [-0.39, 0.29) is 24.2 Å². The zero-order chi connectivity index (χ0) is 17.8. The summed E-state index contributed by atoms with van der Waals surface area (Å²) in [5.41, 5.74) is 3.10. The second-order valence-electron chi connectivity index (χ2n) is 6.58. The molecule has 130 valence electrons. The van der Waals surface area contributed by atoms with Gasteiger partial charge in [-0.25, -0.2) is 0 Å². The smallest absolute Gasteiger partial charge is 0.228 e. The molecule has 0 N–H and O–H groups in total. The average Bonchev–Trinajstić information content (AvgIpc) is 3.02. The van der Waals surface area contributed by atoms with E-state index in [1.165, 1.54) is 0 Å². The molecule has 1 saturated heterocycles. The van der Waals surface area contributed by atoms with Crippen LogP contribution in [-0.4, -0.2) is 29.8 Å². The molecule has 0 aromatic heterocycles. The van der Waals surface area contributed by atoms with E-state index < -0.39 is 0 Å². The van der Waals surface area contributed by atoms with Gasteiger partial charge in [0.2, 0.25) is 11.8 Å². The van der Waals surface area contributed by atoms with Gasteiger partial charge in [-0.3, -0.25) is 9.59 Å². The van der Waals surface area contributed by atoms with E-state index in [1.54, 1.807) is 4.90 Å². The first-order valence-corrected chi connectivity index (χ1v) is 8.78. The maximum absolute atomic E-state index is 12.9. The van der Waals surface area contributed by atoms with Crippen molar-refractivity contribution in [3.8, 4) is 0 Å². The Hall–Kier alpha value is -2.62. The Morgan fingerprint density at radius 3 is 2.60 bits per heavy atom. The van der Waals surface area contributed by atoms with E-state index in [0.29, 0.717) is 19.6 Å². The topological polar surface area (TPSA) is 40.6 Å². The van der Waals surface area contributed by atoms with Crippen LogP contribution in [0.3, 0.4) is 0 Å². The lowest BCUT2D eigenvalue weighted by molar-refractivity contribution is -0.136. The Morgan fingerprint density at radius 1 is 1.16 bits per heavy atom. The standard InChI is InChI=1S/C21H24N2O2/c1-3-22(14-17-9-5-4-6-10-17)21(25)18-13-20(24)23(15-18)19-11-7-8-16(2)12-19/h4-12,18H,3,13-15H2,1-2H3. The summed E-state index contributed by atoms with van der Waals surface area (Å²) < 4.78 is 0. The monoisotopic (exact) mass is 336 g/mol. The molecular formula is C21H24N2O2. The van der Waals surface area contributed by atoms with Gasteiger partial charge in [0.1, 0.15) is 0 Å². The van der Waals surface area contributed by atoms with Crippen molar-refractivity contribution >= 4 is 17.5 Å². The number of anilines is 1. The number of benzene rings is 2. The van der Waals surface area contributed by atoms with E-state index >= 15 is 0 Å². The van der Waals surface area contributed by atoms with Gasteiger partial charge < -0.3 is 9.80 Å². The lowest BCUT2D eigenvalue weighted by Gasteiger charge is -2.24. The number of hydrogen-bond acceptors (Lipinski definition) is 2. The fourth-order valence-corrected chi connectivity index (χ4v) is 3.33. The van der Waals surface area contributed by atoms with Crippen LogP contribution >= 0.6 is 0 Å². The molecule has 2 aromatic carbocycles. The van der Waals surface area contributed by atoms with Gasteiger partial charge in [-0.1, -0.05) is 42.5 Å². The Morgan fingerprint density at radius 2 is 1.92 bits per heavy atom. The molecular weight excluding hydrogens is 312 g/mol. The highest BCUT2D eigenvalue weighted by Crippen LogP contribution is 2.27. The average molecular weight is 336 g/mol. The number of amides is 2. The molecule has 2 aromatic rings. The second-order valence-corrected chi connectivity index (χ2v) is 6.58. The molecule has 1 fully saturated rings. The highest BCUT2D eigenvalue weighted by Gasteiger charge is 2.36. The molecule has 0 radical (unpaired) electrons. The summed E-state index contributed by atoms with van der Waals surface area (Å²) in [7, 11) is 0. The molecule has 1 aliphatic heterocycles. The summed E-state index contributed by atoms with van der Waals surface area (Å²) in [5, 5.41) is 0. The number of aryl methyl sites for hydroxylation is 1. The predicted molar refractivity (Wildman–Crippen MR) is 99.2 cm³/mol. The fourth-order valence-electron chi connectivity index (χ4n) is 3.33. The maximum Gasteiger partial charge on any atom is 0.228 e. The molecule has 4 heteroatoms. The van der Waals surface area contributed by atoms with Gasteiger partial charge in [0, 0.05) is 31.7 Å². The van der Waals surface area contributed by atoms with Crippen LogP contribution in [0.4, 0.5) is 5.69 Å². The lowest BCUT2D eigenvalue weighted by Crippen LogP contribution is -2.37. The van der Waals surface area contributed by atoms with Crippen molar-refractivity contribution < 1.29 is 9.59 Å². The van der Waals surface area contributed by atoms with E-state index in [1.807, 2.05) is 73.3 Å². The molecule has 0 aliphatic carbocycles. The predicted octanol–water partition coefficient (Wildman–Crippen LogP) is 3.40. The maximum atomic E-state index is 12.9. The number of rotatable bonds is 5. The zero-order valence-corrected chi connectivity index (χ0v) is 14.8. The fraction of sp³-hybridized carbons (Fsp3) is 0.333. The Labute approximate surface area is 149 Å². The first-order chi connectivity index (χ1) is 12.1. The van der Waals surface area contributed by atoms with Crippen molar-refractivity contribution in [2.24, 2.45) is 5.92 Å². The van der Waals surface area contributed by atoms with E-state index in [0.717, 1.165) is 16.8 Å². The van der Waals surface area contributed by atoms with Crippen LogP contribution in [0, 0.1) is 12.8 Å². The third-order valence-corrected chi connectivity index (χ3v) is 4.70. The van der Waals surface area contributed by atoms with Gasteiger partial charge in [-0.2, -0.15) is 0 Å². The molecule has 0 saturated carbocycles. The largest absolute Gasteiger partial charge is 0.338 e. The molecule has 25 heavy (non-hydrogen) atoms. The highest BCUT2D eigenvalue weighted by atomic mass is 16.2. The first kappa shape index (κ1) is 17.2. The van der Waals surface area contributed by atoms with Gasteiger partial charge in [-0.05, 0) is 37.1 Å². The highest BCUT2D eigenvalue weighted by molar-refractivity contribution is 6.00. The van der Waals surface area contributed by atoms with Gasteiger partial charge in [-0.15, -0.1) is 0 Å². The Kier molecular flexibility index (Phi) is 5.17. The van der Waals surface area contributed by atoms with Crippen LogP contribution in [0.2, 0.25) is 0 Å². The molecule has 1 aliphatic rings. The number of nitrogens with zero attached hydrogens (tertiary/aromatic N) is 2. The van der Waals surface area contributed by atoms with Crippen LogP contribution in [0.25, 0.3) is 0 Å². The van der Waals surface area contributed by atoms with Crippen molar-refractivity contribution in [3.63, 3.8) is 0 Å². The number of hydrogen-bond donors (Lipinski definition) is 0. The van der Waals surface area contributed by atoms with Crippen molar-refractivity contribution in [1.29, 1.82) is 0 Å². The van der Waals surface area contributed by atoms with Gasteiger partial charge in [0.25, 0.3) is 0 Å². The Balaban J connectivity index is 1.71. The van der Waals surface area contributed by atoms with Crippen LogP contribution in [0.1, 0.15) is 24.5 Å². The molecule has 0 bridgehead atoms. The third-order valence-electron chi connectivity index (χ3n) is 4.70. The van der Waals surface area contributed by atoms with Gasteiger partial charge in [0.15, 0.2) is 0 Å². The summed E-state index contributed by atoms with van der Waals surface area (Å²) in [6.07, 6.45) is 0.290.